The SMILES string of the molecule is CC(CC(Br)C[Se](Br)(Br)c1ccccc1)NCc1ccccc1. The third-order valence-electron chi connectivity index (χ3n) is 3.58. The molecule has 23 heavy (non-hydrogen) atoms. The molecule has 0 fully saturated rings. The van der Waals surface area contributed by atoms with E-state index in [0.717, 1.165) is 18.3 Å². The predicted octanol–water partition coefficient (Wildman–Crippen LogP) is 5.46. The fourth-order valence-electron chi connectivity index (χ4n) is 2.37. The van der Waals surface area contributed by atoms with Crippen LogP contribution in [0.4, 0.5) is 0 Å². The van der Waals surface area contributed by atoms with Crippen LogP contribution in [0.25, 0.3) is 0 Å². The summed E-state index contributed by atoms with van der Waals surface area (Å²) in [5.74, 6) is 0. The molecular formula is C18H22Br3NSe. The molecule has 2 aromatic rings. The van der Waals surface area contributed by atoms with E-state index in [-0.39, 0.29) is 0 Å². The summed E-state index contributed by atoms with van der Waals surface area (Å²) in [6.45, 7) is 3.18. The van der Waals surface area contributed by atoms with Crippen LogP contribution in [-0.2, 0) is 6.54 Å². The van der Waals surface area contributed by atoms with Gasteiger partial charge in [0.05, 0.1) is 0 Å². The van der Waals surface area contributed by atoms with Gasteiger partial charge in [-0.15, -0.1) is 0 Å². The Bertz CT molecular complexity index is 577. The molecule has 0 aliphatic rings. The summed E-state index contributed by atoms with van der Waals surface area (Å²) in [5, 5.41) is 4.73. The van der Waals surface area contributed by atoms with Gasteiger partial charge in [0.15, 0.2) is 0 Å². The first kappa shape index (κ1) is 19.7. The van der Waals surface area contributed by atoms with Crippen LogP contribution in [0.15, 0.2) is 60.7 Å². The second-order valence-corrected chi connectivity index (χ2v) is 27.1. The van der Waals surface area contributed by atoms with Gasteiger partial charge in [0.2, 0.25) is 0 Å². The summed E-state index contributed by atoms with van der Waals surface area (Å²) >= 11 is 11.8. The number of rotatable bonds is 8. The summed E-state index contributed by atoms with van der Waals surface area (Å²) in [6.07, 6.45) is 1.11. The van der Waals surface area contributed by atoms with Crippen LogP contribution in [0.3, 0.4) is 0 Å². The van der Waals surface area contributed by atoms with Crippen molar-refractivity contribution in [2.24, 2.45) is 0 Å². The maximum atomic E-state index is 3.98. The summed E-state index contributed by atoms with van der Waals surface area (Å²) in [5.41, 5.74) is 1.33. The number of halogens is 3. The Morgan fingerprint density at radius 3 is 2.13 bits per heavy atom. The molecule has 5 heteroatoms. The van der Waals surface area contributed by atoms with Gasteiger partial charge in [-0.3, -0.25) is 0 Å². The standard InChI is InChI=1S/C18H22Br3NSe/c1-15(22-13-16-8-4-2-5-9-16)12-17(19)14-23(20,21)18-10-6-3-7-11-18/h2-11,15,17,22H,12-14H2,1H3. The molecule has 0 aromatic heterocycles. The Kier molecular flexibility index (Phi) is 8.34. The normalized spacial score (nSPS) is 15.1. The molecule has 0 bridgehead atoms. The average Bonchev–Trinajstić information content (AvgIpc) is 2.54. The molecule has 2 atom stereocenters. The van der Waals surface area contributed by atoms with Gasteiger partial charge >= 0.3 is 165 Å². The third-order valence-corrected chi connectivity index (χ3v) is 15.6. The van der Waals surface area contributed by atoms with E-state index in [1.54, 1.807) is 0 Å². The molecule has 0 saturated heterocycles. The maximum absolute atomic E-state index is 3.98. The van der Waals surface area contributed by atoms with Gasteiger partial charge in [-0.25, -0.2) is 0 Å². The van der Waals surface area contributed by atoms with Gasteiger partial charge in [0.25, 0.3) is 0 Å². The first-order chi connectivity index (χ1) is 11.0. The van der Waals surface area contributed by atoms with Crippen LogP contribution in [0.2, 0.25) is 5.32 Å². The van der Waals surface area contributed by atoms with E-state index in [0.29, 0.717) is 10.9 Å². The van der Waals surface area contributed by atoms with Gasteiger partial charge in [-0.2, -0.15) is 0 Å². The Balaban J connectivity index is 1.80. The Labute approximate surface area is 164 Å². The van der Waals surface area contributed by atoms with Crippen LogP contribution >= 0.6 is 44.2 Å². The van der Waals surface area contributed by atoms with Crippen molar-refractivity contribution in [3.63, 3.8) is 0 Å². The zero-order chi connectivity index (χ0) is 16.7. The van der Waals surface area contributed by atoms with E-state index in [9.17, 15) is 0 Å². The monoisotopic (exact) mass is 569 g/mol. The second-order valence-electron chi connectivity index (χ2n) is 5.66. The topological polar surface area (TPSA) is 12.0 Å². The minimum absolute atomic E-state index is 0.475. The van der Waals surface area contributed by atoms with Crippen molar-refractivity contribution in [2.45, 2.75) is 36.1 Å². The Morgan fingerprint density at radius 2 is 1.52 bits per heavy atom. The first-order valence-electron chi connectivity index (χ1n) is 7.64. The van der Waals surface area contributed by atoms with Crippen LogP contribution in [0, 0.1) is 0 Å². The van der Waals surface area contributed by atoms with Crippen molar-refractivity contribution in [2.75, 3.05) is 0 Å². The molecule has 0 aliphatic carbocycles. The van der Waals surface area contributed by atoms with Crippen molar-refractivity contribution in [3.8, 4) is 0 Å². The number of hydrogen-bond donors (Lipinski definition) is 1. The van der Waals surface area contributed by atoms with Gasteiger partial charge in [0, 0.05) is 0 Å². The third kappa shape index (κ3) is 7.01. The second kappa shape index (κ2) is 9.74. The molecule has 0 aliphatic heterocycles. The van der Waals surface area contributed by atoms with Crippen molar-refractivity contribution < 1.29 is 0 Å². The van der Waals surface area contributed by atoms with Crippen molar-refractivity contribution in [1.29, 1.82) is 0 Å². The molecule has 1 N–H and O–H groups in total. The van der Waals surface area contributed by atoms with E-state index in [4.69, 9.17) is 0 Å². The van der Waals surface area contributed by atoms with E-state index >= 15 is 0 Å². The molecule has 2 aromatic carbocycles. The van der Waals surface area contributed by atoms with Gasteiger partial charge < -0.3 is 0 Å². The van der Waals surface area contributed by atoms with Crippen LogP contribution in [0.5, 0.6) is 0 Å². The zero-order valence-corrected chi connectivity index (χ0v) is 19.6. The van der Waals surface area contributed by atoms with E-state index in [1.165, 1.54) is 10.0 Å². The van der Waals surface area contributed by atoms with Crippen molar-refractivity contribution >= 4 is 57.8 Å². The van der Waals surface area contributed by atoms with Gasteiger partial charge in [-0.05, 0) is 0 Å². The van der Waals surface area contributed by atoms with Crippen LogP contribution in [0.1, 0.15) is 18.9 Å². The molecular weight excluding hydrogens is 549 g/mol. The molecule has 0 spiro atoms. The summed E-state index contributed by atoms with van der Waals surface area (Å²) in [7, 11) is -1.94. The summed E-state index contributed by atoms with van der Waals surface area (Å²) < 4.78 is 1.40. The molecule has 126 valence electrons. The molecule has 2 unspecified atom stereocenters. The number of alkyl halides is 1. The molecule has 0 amide bonds. The minimum atomic E-state index is -1.94. The van der Waals surface area contributed by atoms with E-state index in [1.807, 2.05) is 0 Å². The number of hydrogen-bond acceptors (Lipinski definition) is 1. The van der Waals surface area contributed by atoms with Crippen LogP contribution in [-0.4, -0.2) is 20.1 Å². The number of nitrogens with one attached hydrogen (secondary N) is 1. The average molecular weight is 571 g/mol. The quantitative estimate of drug-likeness (QED) is 0.328. The van der Waals surface area contributed by atoms with Crippen LogP contribution < -0.4 is 9.78 Å². The van der Waals surface area contributed by atoms with Crippen molar-refractivity contribution in [1.82, 2.24) is 5.32 Å². The van der Waals surface area contributed by atoms with Gasteiger partial charge in [-0.1, -0.05) is 0 Å². The van der Waals surface area contributed by atoms with E-state index in [2.05, 4.69) is 117 Å². The Morgan fingerprint density at radius 1 is 0.957 bits per heavy atom. The Hall–Kier alpha value is 0.359. The molecule has 0 heterocycles. The zero-order valence-electron chi connectivity index (χ0n) is 13.1. The molecule has 1 nitrogen and oxygen atoms in total. The van der Waals surface area contributed by atoms with Crippen molar-refractivity contribution in [3.05, 3.63) is 66.2 Å². The molecule has 2 rings (SSSR count). The van der Waals surface area contributed by atoms with E-state index < -0.39 is 9.23 Å². The number of benzene rings is 2. The van der Waals surface area contributed by atoms with Gasteiger partial charge in [0.1, 0.15) is 0 Å². The fourth-order valence-corrected chi connectivity index (χ4v) is 17.0. The first-order valence-corrected chi connectivity index (χ1v) is 18.6. The molecule has 0 radical (unpaired) electrons. The summed E-state index contributed by atoms with van der Waals surface area (Å²) in [4.78, 5) is 0.486. The predicted molar refractivity (Wildman–Crippen MR) is 115 cm³/mol. The molecule has 0 saturated carbocycles. The fraction of sp³-hybridized carbons (Fsp3) is 0.333. The summed E-state index contributed by atoms with van der Waals surface area (Å²) in [6, 6.07) is 21.7.